The lowest BCUT2D eigenvalue weighted by Gasteiger charge is -2.06. The summed E-state index contributed by atoms with van der Waals surface area (Å²) in [6.45, 7) is 1.43. The number of nitrogens with one attached hydrogen (secondary N) is 1. The van der Waals surface area contributed by atoms with Gasteiger partial charge in [-0.25, -0.2) is 0 Å². The second-order valence-corrected chi connectivity index (χ2v) is 4.93. The molecule has 1 heterocycles. The number of benzene rings is 1. The molecule has 2 aromatic rings. The van der Waals surface area contributed by atoms with Gasteiger partial charge in [0.2, 0.25) is 0 Å². The van der Waals surface area contributed by atoms with E-state index in [1.807, 2.05) is 53.4 Å². The van der Waals surface area contributed by atoms with Crippen molar-refractivity contribution >= 4 is 28.5 Å². The summed E-state index contributed by atoms with van der Waals surface area (Å²) in [5.74, 6) is -0.0179. The number of nitrogens with zero attached hydrogens (tertiary/aromatic N) is 1. The van der Waals surface area contributed by atoms with Crippen LogP contribution in [0, 0.1) is 3.57 Å². The van der Waals surface area contributed by atoms with Crippen molar-refractivity contribution in [2.75, 3.05) is 6.54 Å². The third-order valence-corrected chi connectivity index (χ3v) is 3.08. The molecule has 17 heavy (non-hydrogen) atoms. The molecule has 1 amide bonds. The van der Waals surface area contributed by atoms with E-state index in [0.29, 0.717) is 12.1 Å². The molecule has 0 aliphatic heterocycles. The highest BCUT2D eigenvalue weighted by atomic mass is 127. The number of carbonyl (C=O) groups is 1. The predicted molar refractivity (Wildman–Crippen MR) is 75.9 cm³/mol. The van der Waals surface area contributed by atoms with Gasteiger partial charge in [-0.2, -0.15) is 0 Å². The quantitative estimate of drug-likeness (QED) is 0.853. The van der Waals surface area contributed by atoms with Gasteiger partial charge < -0.3 is 9.88 Å². The van der Waals surface area contributed by atoms with Crippen LogP contribution in [-0.4, -0.2) is 17.0 Å². The molecule has 1 aromatic carbocycles. The van der Waals surface area contributed by atoms with Crippen LogP contribution >= 0.6 is 22.6 Å². The standard InChI is InChI=1S/C13H13IN2O/c14-12-5-3-4-11(10-12)13(17)15-6-9-16-7-1-2-8-16/h1-5,7-8,10H,6,9H2,(H,15,17). The van der Waals surface area contributed by atoms with Crippen molar-refractivity contribution in [2.24, 2.45) is 0 Å². The molecule has 0 spiro atoms. The highest BCUT2D eigenvalue weighted by Crippen LogP contribution is 2.07. The van der Waals surface area contributed by atoms with Crippen LogP contribution in [0.2, 0.25) is 0 Å². The zero-order chi connectivity index (χ0) is 12.1. The Morgan fingerprint density at radius 2 is 2.00 bits per heavy atom. The molecular weight excluding hydrogens is 327 g/mol. The van der Waals surface area contributed by atoms with E-state index in [1.54, 1.807) is 0 Å². The third kappa shape index (κ3) is 3.59. The highest BCUT2D eigenvalue weighted by molar-refractivity contribution is 14.1. The molecule has 2 rings (SSSR count). The lowest BCUT2D eigenvalue weighted by molar-refractivity contribution is 0.0952. The molecule has 0 aliphatic rings. The molecule has 3 nitrogen and oxygen atoms in total. The van der Waals surface area contributed by atoms with Crippen LogP contribution in [0.5, 0.6) is 0 Å². The average molecular weight is 340 g/mol. The van der Waals surface area contributed by atoms with E-state index in [1.165, 1.54) is 0 Å². The fourth-order valence-electron chi connectivity index (χ4n) is 1.55. The lowest BCUT2D eigenvalue weighted by Crippen LogP contribution is -2.26. The van der Waals surface area contributed by atoms with Crippen molar-refractivity contribution < 1.29 is 4.79 Å². The molecule has 0 aliphatic carbocycles. The minimum Gasteiger partial charge on any atom is -0.353 e. The Labute approximate surface area is 114 Å². The molecule has 0 radical (unpaired) electrons. The minimum atomic E-state index is -0.0179. The van der Waals surface area contributed by atoms with Gasteiger partial charge in [-0.3, -0.25) is 4.79 Å². The summed E-state index contributed by atoms with van der Waals surface area (Å²) in [5, 5.41) is 2.90. The summed E-state index contributed by atoms with van der Waals surface area (Å²) >= 11 is 2.20. The number of amides is 1. The fourth-order valence-corrected chi connectivity index (χ4v) is 2.09. The predicted octanol–water partition coefficient (Wildman–Crippen LogP) is 2.52. The first-order chi connectivity index (χ1) is 8.25. The van der Waals surface area contributed by atoms with Gasteiger partial charge in [0.25, 0.3) is 5.91 Å². The van der Waals surface area contributed by atoms with Crippen LogP contribution in [0.15, 0.2) is 48.8 Å². The van der Waals surface area contributed by atoms with Crippen LogP contribution in [0.3, 0.4) is 0 Å². The Morgan fingerprint density at radius 1 is 1.24 bits per heavy atom. The number of aromatic nitrogens is 1. The molecule has 88 valence electrons. The Morgan fingerprint density at radius 3 is 2.71 bits per heavy atom. The molecule has 0 unspecified atom stereocenters. The zero-order valence-corrected chi connectivity index (χ0v) is 11.4. The van der Waals surface area contributed by atoms with Crippen LogP contribution in [-0.2, 0) is 6.54 Å². The van der Waals surface area contributed by atoms with Gasteiger partial charge in [0.15, 0.2) is 0 Å². The summed E-state index contributed by atoms with van der Waals surface area (Å²) in [4.78, 5) is 11.8. The van der Waals surface area contributed by atoms with Crippen LogP contribution < -0.4 is 5.32 Å². The zero-order valence-electron chi connectivity index (χ0n) is 9.27. The van der Waals surface area contributed by atoms with Gasteiger partial charge in [0.1, 0.15) is 0 Å². The molecule has 0 bridgehead atoms. The Hall–Kier alpha value is -1.30. The van der Waals surface area contributed by atoms with Gasteiger partial charge in [-0.05, 0) is 52.9 Å². The van der Waals surface area contributed by atoms with E-state index in [4.69, 9.17) is 0 Å². The van der Waals surface area contributed by atoms with E-state index in [9.17, 15) is 4.79 Å². The van der Waals surface area contributed by atoms with Crippen LogP contribution in [0.25, 0.3) is 0 Å². The van der Waals surface area contributed by atoms with Crippen molar-refractivity contribution in [2.45, 2.75) is 6.54 Å². The lowest BCUT2D eigenvalue weighted by atomic mass is 10.2. The van der Waals surface area contributed by atoms with E-state index >= 15 is 0 Å². The molecular formula is C13H13IN2O. The van der Waals surface area contributed by atoms with E-state index in [2.05, 4.69) is 27.9 Å². The van der Waals surface area contributed by atoms with E-state index in [-0.39, 0.29) is 5.91 Å². The molecule has 0 saturated heterocycles. The first-order valence-electron chi connectivity index (χ1n) is 5.40. The van der Waals surface area contributed by atoms with Crippen molar-refractivity contribution in [3.05, 3.63) is 57.9 Å². The molecule has 0 saturated carbocycles. The first-order valence-corrected chi connectivity index (χ1v) is 6.48. The van der Waals surface area contributed by atoms with Crippen molar-refractivity contribution in [3.63, 3.8) is 0 Å². The summed E-state index contributed by atoms with van der Waals surface area (Å²) in [6, 6.07) is 11.5. The van der Waals surface area contributed by atoms with Gasteiger partial charge >= 0.3 is 0 Å². The summed E-state index contributed by atoms with van der Waals surface area (Å²) < 4.78 is 3.11. The van der Waals surface area contributed by atoms with E-state index < -0.39 is 0 Å². The Bertz CT molecular complexity index is 494. The molecule has 1 N–H and O–H groups in total. The number of halogens is 1. The summed E-state index contributed by atoms with van der Waals surface area (Å²) in [6.07, 6.45) is 3.97. The second-order valence-electron chi connectivity index (χ2n) is 3.69. The van der Waals surface area contributed by atoms with Gasteiger partial charge in [-0.1, -0.05) is 6.07 Å². The first kappa shape index (κ1) is 12.2. The highest BCUT2D eigenvalue weighted by Gasteiger charge is 2.04. The van der Waals surface area contributed by atoms with Crippen molar-refractivity contribution in [1.29, 1.82) is 0 Å². The summed E-state index contributed by atoms with van der Waals surface area (Å²) in [5.41, 5.74) is 0.712. The summed E-state index contributed by atoms with van der Waals surface area (Å²) in [7, 11) is 0. The second kappa shape index (κ2) is 5.86. The number of hydrogen-bond acceptors (Lipinski definition) is 1. The number of hydrogen-bond donors (Lipinski definition) is 1. The van der Waals surface area contributed by atoms with E-state index in [0.717, 1.165) is 10.1 Å². The van der Waals surface area contributed by atoms with Crippen LogP contribution in [0.1, 0.15) is 10.4 Å². The maximum Gasteiger partial charge on any atom is 0.251 e. The molecule has 1 aromatic heterocycles. The monoisotopic (exact) mass is 340 g/mol. The molecule has 4 heteroatoms. The van der Waals surface area contributed by atoms with Gasteiger partial charge in [-0.15, -0.1) is 0 Å². The maximum absolute atomic E-state index is 11.8. The smallest absolute Gasteiger partial charge is 0.251 e. The SMILES string of the molecule is O=C(NCCn1cccc1)c1cccc(I)c1. The topological polar surface area (TPSA) is 34.0 Å². The minimum absolute atomic E-state index is 0.0179. The van der Waals surface area contributed by atoms with Crippen molar-refractivity contribution in [3.8, 4) is 0 Å². The normalized spacial score (nSPS) is 10.2. The fraction of sp³-hybridized carbons (Fsp3) is 0.154. The average Bonchev–Trinajstić information content (AvgIpc) is 2.82. The largest absolute Gasteiger partial charge is 0.353 e. The Balaban J connectivity index is 1.85. The van der Waals surface area contributed by atoms with Crippen LogP contribution in [0.4, 0.5) is 0 Å². The number of rotatable bonds is 4. The third-order valence-electron chi connectivity index (χ3n) is 2.41. The number of carbonyl (C=O) groups excluding carboxylic acids is 1. The van der Waals surface area contributed by atoms with Crippen molar-refractivity contribution in [1.82, 2.24) is 9.88 Å². The van der Waals surface area contributed by atoms with Gasteiger partial charge in [0, 0.05) is 34.6 Å². The Kier molecular flexibility index (Phi) is 4.19. The van der Waals surface area contributed by atoms with Gasteiger partial charge in [0.05, 0.1) is 0 Å². The molecule has 0 fully saturated rings. The maximum atomic E-state index is 11.8. The molecule has 0 atom stereocenters.